The molecule has 7 heteroatoms. The molecule has 0 bridgehead atoms. The number of nitrogens with one attached hydrogen (secondary N) is 2. The zero-order valence-corrected chi connectivity index (χ0v) is 10.4. The van der Waals surface area contributed by atoms with Gasteiger partial charge < -0.3 is 15.8 Å². The zero-order valence-electron chi connectivity index (χ0n) is 10.4. The first-order valence-corrected chi connectivity index (χ1v) is 5.61. The van der Waals surface area contributed by atoms with Crippen LogP contribution in [0, 0.1) is 5.92 Å². The smallest absolute Gasteiger partial charge is 0.288 e. The third kappa shape index (κ3) is 4.03. The Morgan fingerprint density at radius 3 is 2.76 bits per heavy atom. The summed E-state index contributed by atoms with van der Waals surface area (Å²) in [4.78, 5) is 15.5. The van der Waals surface area contributed by atoms with Gasteiger partial charge in [0.2, 0.25) is 11.8 Å². The van der Waals surface area contributed by atoms with Gasteiger partial charge in [-0.05, 0) is 12.8 Å². The molecule has 17 heavy (non-hydrogen) atoms. The molecule has 1 amide bonds. The minimum Gasteiger partial charge on any atom is -0.380 e. The summed E-state index contributed by atoms with van der Waals surface area (Å²) >= 11 is 0. The maximum absolute atomic E-state index is 11.8. The Bertz CT molecular complexity index is 363. The lowest BCUT2D eigenvalue weighted by Crippen LogP contribution is -2.42. The van der Waals surface area contributed by atoms with E-state index in [0.717, 1.165) is 0 Å². The molecule has 7 nitrogen and oxygen atoms in total. The number of aromatic amines is 1. The van der Waals surface area contributed by atoms with E-state index in [4.69, 9.17) is 10.5 Å². The molecule has 0 aromatic carbocycles. The third-order valence-corrected chi connectivity index (χ3v) is 2.34. The number of amides is 1. The van der Waals surface area contributed by atoms with E-state index in [1.165, 1.54) is 0 Å². The van der Waals surface area contributed by atoms with Crippen molar-refractivity contribution in [3.05, 3.63) is 5.82 Å². The molecule has 0 saturated heterocycles. The maximum atomic E-state index is 11.8. The van der Waals surface area contributed by atoms with Crippen molar-refractivity contribution in [2.45, 2.75) is 26.8 Å². The number of aromatic nitrogens is 3. The maximum Gasteiger partial charge on any atom is 0.288 e. The van der Waals surface area contributed by atoms with E-state index in [-0.39, 0.29) is 29.6 Å². The highest BCUT2D eigenvalue weighted by Crippen LogP contribution is 2.04. The summed E-state index contributed by atoms with van der Waals surface area (Å²) in [7, 11) is 0. The number of hydrogen-bond acceptors (Lipinski definition) is 5. The molecule has 0 fully saturated rings. The molecule has 0 radical (unpaired) electrons. The summed E-state index contributed by atoms with van der Waals surface area (Å²) in [5, 5.41) is 8.90. The van der Waals surface area contributed by atoms with Gasteiger partial charge in [-0.3, -0.25) is 9.89 Å². The van der Waals surface area contributed by atoms with Crippen molar-refractivity contribution in [1.82, 2.24) is 20.5 Å². The summed E-state index contributed by atoms with van der Waals surface area (Å²) in [5.74, 6) is 0.115. The minimum atomic E-state index is -0.326. The predicted octanol–water partition coefficient (Wildman–Crippen LogP) is 0.178. The number of H-pyrrole nitrogens is 1. The van der Waals surface area contributed by atoms with Crippen LogP contribution in [0.15, 0.2) is 0 Å². The second-order valence-electron chi connectivity index (χ2n) is 4.03. The number of nitrogen functional groups attached to an aromatic ring is 1. The highest BCUT2D eigenvalue weighted by molar-refractivity contribution is 5.90. The van der Waals surface area contributed by atoms with Crippen LogP contribution in [0.4, 0.5) is 5.95 Å². The fraction of sp³-hybridized carbons (Fsp3) is 0.700. The van der Waals surface area contributed by atoms with Crippen LogP contribution in [0.1, 0.15) is 31.4 Å². The first kappa shape index (κ1) is 13.4. The SMILES string of the molecule is CCOCC(NC(=O)c1nc(N)n[nH]1)C(C)C. The number of carbonyl (C=O) groups excluding carboxylic acids is 1. The van der Waals surface area contributed by atoms with E-state index in [1.54, 1.807) is 0 Å². The molecular formula is C10H19N5O2. The Morgan fingerprint density at radius 2 is 2.29 bits per heavy atom. The van der Waals surface area contributed by atoms with Gasteiger partial charge in [-0.25, -0.2) is 0 Å². The average Bonchev–Trinajstić information content (AvgIpc) is 2.70. The lowest BCUT2D eigenvalue weighted by atomic mass is 10.1. The van der Waals surface area contributed by atoms with Gasteiger partial charge in [0, 0.05) is 6.61 Å². The van der Waals surface area contributed by atoms with Crippen LogP contribution in [-0.4, -0.2) is 40.3 Å². The van der Waals surface area contributed by atoms with Crippen molar-refractivity contribution in [3.63, 3.8) is 0 Å². The van der Waals surface area contributed by atoms with Gasteiger partial charge in [0.15, 0.2) is 0 Å². The Labute approximate surface area is 100 Å². The van der Waals surface area contributed by atoms with Crippen LogP contribution < -0.4 is 11.1 Å². The highest BCUT2D eigenvalue weighted by Gasteiger charge is 2.19. The Balaban J connectivity index is 2.57. The number of hydrogen-bond donors (Lipinski definition) is 3. The summed E-state index contributed by atoms with van der Waals surface area (Å²) in [6.07, 6.45) is 0. The lowest BCUT2D eigenvalue weighted by Gasteiger charge is -2.21. The minimum absolute atomic E-state index is 0.0565. The second-order valence-corrected chi connectivity index (χ2v) is 4.03. The molecule has 1 rings (SSSR count). The number of nitrogens with two attached hydrogens (primary N) is 1. The summed E-state index contributed by atoms with van der Waals surface area (Å²) < 4.78 is 5.31. The number of nitrogens with zero attached hydrogens (tertiary/aromatic N) is 2. The fourth-order valence-corrected chi connectivity index (χ4v) is 1.26. The van der Waals surface area contributed by atoms with Gasteiger partial charge in [0.25, 0.3) is 5.91 Å². The molecule has 0 aliphatic rings. The van der Waals surface area contributed by atoms with E-state index >= 15 is 0 Å². The summed E-state index contributed by atoms with van der Waals surface area (Å²) in [6.45, 7) is 7.03. The summed E-state index contributed by atoms with van der Waals surface area (Å²) in [6, 6.07) is -0.0613. The normalized spacial score (nSPS) is 12.7. The van der Waals surface area contributed by atoms with Crippen LogP contribution in [0.2, 0.25) is 0 Å². The van der Waals surface area contributed by atoms with Crippen LogP contribution in [0.25, 0.3) is 0 Å². The molecule has 0 aliphatic carbocycles. The zero-order chi connectivity index (χ0) is 12.8. The van der Waals surface area contributed by atoms with Gasteiger partial charge >= 0.3 is 0 Å². The molecule has 0 saturated carbocycles. The number of carbonyl (C=O) groups is 1. The van der Waals surface area contributed by atoms with Crippen molar-refractivity contribution in [3.8, 4) is 0 Å². The molecule has 0 spiro atoms. The van der Waals surface area contributed by atoms with E-state index in [0.29, 0.717) is 13.2 Å². The molecule has 4 N–H and O–H groups in total. The van der Waals surface area contributed by atoms with E-state index in [1.807, 2.05) is 20.8 Å². The molecule has 1 atom stereocenters. The van der Waals surface area contributed by atoms with Gasteiger partial charge in [0.1, 0.15) is 0 Å². The van der Waals surface area contributed by atoms with E-state index in [2.05, 4.69) is 20.5 Å². The number of anilines is 1. The Hall–Kier alpha value is -1.63. The van der Waals surface area contributed by atoms with Crippen molar-refractivity contribution in [2.75, 3.05) is 18.9 Å². The molecule has 0 aliphatic heterocycles. The van der Waals surface area contributed by atoms with Crippen molar-refractivity contribution in [1.29, 1.82) is 0 Å². The lowest BCUT2D eigenvalue weighted by molar-refractivity contribution is 0.0798. The van der Waals surface area contributed by atoms with Gasteiger partial charge in [-0.1, -0.05) is 13.8 Å². The third-order valence-electron chi connectivity index (χ3n) is 2.34. The van der Waals surface area contributed by atoms with E-state index < -0.39 is 0 Å². The molecule has 1 heterocycles. The van der Waals surface area contributed by atoms with Crippen molar-refractivity contribution in [2.24, 2.45) is 5.92 Å². The molecule has 96 valence electrons. The van der Waals surface area contributed by atoms with Crippen LogP contribution in [0.5, 0.6) is 0 Å². The quantitative estimate of drug-likeness (QED) is 0.658. The molecule has 1 aromatic heterocycles. The standard InChI is InChI=1S/C10H19N5O2/c1-4-17-5-7(6(2)3)12-9(16)8-13-10(11)15-14-8/h6-7H,4-5H2,1-3H3,(H,12,16)(H3,11,13,14,15). The van der Waals surface area contributed by atoms with Crippen molar-refractivity contribution < 1.29 is 9.53 Å². The highest BCUT2D eigenvalue weighted by atomic mass is 16.5. The first-order valence-electron chi connectivity index (χ1n) is 5.61. The van der Waals surface area contributed by atoms with Crippen LogP contribution in [-0.2, 0) is 4.74 Å². The molecule has 1 unspecified atom stereocenters. The summed E-state index contributed by atoms with van der Waals surface area (Å²) in [5.41, 5.74) is 5.33. The second kappa shape index (κ2) is 6.19. The van der Waals surface area contributed by atoms with Gasteiger partial charge in [0.05, 0.1) is 12.6 Å². The Kier molecular flexibility index (Phi) is 4.89. The number of ether oxygens (including phenoxy) is 1. The van der Waals surface area contributed by atoms with Crippen LogP contribution >= 0.6 is 0 Å². The average molecular weight is 241 g/mol. The monoisotopic (exact) mass is 241 g/mol. The van der Waals surface area contributed by atoms with Gasteiger partial charge in [-0.15, -0.1) is 5.10 Å². The molecular weight excluding hydrogens is 222 g/mol. The fourth-order valence-electron chi connectivity index (χ4n) is 1.26. The molecule has 1 aromatic rings. The topological polar surface area (TPSA) is 106 Å². The van der Waals surface area contributed by atoms with Gasteiger partial charge in [-0.2, -0.15) is 4.98 Å². The Morgan fingerprint density at radius 1 is 1.59 bits per heavy atom. The predicted molar refractivity (Wildman–Crippen MR) is 63.4 cm³/mol. The number of rotatable bonds is 6. The van der Waals surface area contributed by atoms with Crippen molar-refractivity contribution >= 4 is 11.9 Å². The van der Waals surface area contributed by atoms with Crippen LogP contribution in [0.3, 0.4) is 0 Å². The largest absolute Gasteiger partial charge is 0.380 e. The first-order chi connectivity index (χ1) is 8.04. The van der Waals surface area contributed by atoms with E-state index in [9.17, 15) is 4.79 Å².